The lowest BCUT2D eigenvalue weighted by atomic mass is 10.1. The smallest absolute Gasteiger partial charge is 0.310 e. The lowest BCUT2D eigenvalue weighted by Crippen LogP contribution is -2.21. The highest BCUT2D eigenvalue weighted by Gasteiger charge is 2.20. The Bertz CT molecular complexity index is 529. The minimum atomic E-state index is -0.706. The number of fused-ring (bicyclic) bond motifs is 1. The average molecular weight is 240 g/mol. The minimum Gasteiger partial charge on any atom is -0.310 e. The van der Waals surface area contributed by atoms with Crippen molar-refractivity contribution in [1.29, 1.82) is 0 Å². The summed E-state index contributed by atoms with van der Waals surface area (Å²) in [6.45, 7) is 6.06. The van der Waals surface area contributed by atoms with Gasteiger partial charge in [0.25, 0.3) is 0 Å². The van der Waals surface area contributed by atoms with Gasteiger partial charge in [0.15, 0.2) is 5.65 Å². The van der Waals surface area contributed by atoms with Crippen molar-refractivity contribution < 1.29 is 4.39 Å². The van der Waals surface area contributed by atoms with E-state index in [1.54, 1.807) is 6.33 Å². The molecule has 0 atom stereocenters. The first-order valence-electron chi connectivity index (χ1n) is 4.88. The summed E-state index contributed by atoms with van der Waals surface area (Å²) in [7, 11) is 0. The van der Waals surface area contributed by atoms with Gasteiger partial charge in [0.2, 0.25) is 0 Å². The molecule has 6 heteroatoms. The third kappa shape index (κ3) is 1.77. The van der Waals surface area contributed by atoms with E-state index in [0.29, 0.717) is 16.2 Å². The molecule has 0 saturated heterocycles. The fourth-order valence-electron chi connectivity index (χ4n) is 1.48. The van der Waals surface area contributed by atoms with Crippen LogP contribution in [0.5, 0.6) is 0 Å². The first-order chi connectivity index (χ1) is 7.43. The van der Waals surface area contributed by atoms with Gasteiger partial charge in [0, 0.05) is 5.54 Å². The fourth-order valence-corrected chi connectivity index (χ4v) is 1.99. The standard InChI is InChI=1S/C10H13FN4S/c1-10(2,3)15-5-12-6-7(15)13-9(11)14-8(6)16-4/h5H,1-4H3. The molecule has 4 nitrogen and oxygen atoms in total. The summed E-state index contributed by atoms with van der Waals surface area (Å²) >= 11 is 1.37. The molecule has 2 rings (SSSR count). The molecule has 0 N–H and O–H groups in total. The number of nitrogens with zero attached hydrogens (tertiary/aromatic N) is 4. The van der Waals surface area contributed by atoms with Crippen molar-refractivity contribution in [2.75, 3.05) is 6.26 Å². The molecule has 0 aliphatic heterocycles. The lowest BCUT2D eigenvalue weighted by Gasteiger charge is -2.20. The molecule has 0 bridgehead atoms. The Kier molecular flexibility index (Phi) is 2.61. The van der Waals surface area contributed by atoms with Crippen LogP contribution in [0.25, 0.3) is 11.2 Å². The van der Waals surface area contributed by atoms with E-state index in [-0.39, 0.29) is 5.54 Å². The molecule has 0 radical (unpaired) electrons. The van der Waals surface area contributed by atoms with Gasteiger partial charge < -0.3 is 4.57 Å². The van der Waals surface area contributed by atoms with Gasteiger partial charge in [-0.2, -0.15) is 14.4 Å². The van der Waals surface area contributed by atoms with E-state index in [0.717, 1.165) is 0 Å². The number of imidazole rings is 1. The van der Waals surface area contributed by atoms with Crippen molar-refractivity contribution in [1.82, 2.24) is 19.5 Å². The van der Waals surface area contributed by atoms with Crippen molar-refractivity contribution in [3.63, 3.8) is 0 Å². The van der Waals surface area contributed by atoms with Gasteiger partial charge >= 0.3 is 6.08 Å². The van der Waals surface area contributed by atoms with Crippen LogP contribution in [-0.2, 0) is 5.54 Å². The number of rotatable bonds is 1. The Balaban J connectivity index is 2.77. The second kappa shape index (κ2) is 3.69. The van der Waals surface area contributed by atoms with Crippen LogP contribution in [0, 0.1) is 6.08 Å². The van der Waals surface area contributed by atoms with Crippen LogP contribution in [0.1, 0.15) is 20.8 Å². The SMILES string of the molecule is CSc1nc(F)nc2c1ncn2C(C)(C)C. The molecular formula is C10H13FN4S. The molecule has 2 heterocycles. The summed E-state index contributed by atoms with van der Waals surface area (Å²) in [5, 5.41) is 0.575. The quantitative estimate of drug-likeness (QED) is 0.436. The van der Waals surface area contributed by atoms with Crippen LogP contribution < -0.4 is 0 Å². The van der Waals surface area contributed by atoms with Crippen LogP contribution in [0.2, 0.25) is 0 Å². The number of hydrogen-bond donors (Lipinski definition) is 0. The number of aromatic nitrogens is 4. The molecule has 16 heavy (non-hydrogen) atoms. The van der Waals surface area contributed by atoms with Crippen molar-refractivity contribution >= 4 is 22.9 Å². The highest BCUT2D eigenvalue weighted by atomic mass is 32.2. The molecule has 0 unspecified atom stereocenters. The van der Waals surface area contributed by atoms with Crippen molar-refractivity contribution in [3.05, 3.63) is 12.4 Å². The van der Waals surface area contributed by atoms with Crippen LogP contribution in [0.4, 0.5) is 4.39 Å². The van der Waals surface area contributed by atoms with Crippen molar-refractivity contribution in [3.8, 4) is 0 Å². The Hall–Kier alpha value is -1.17. The molecule has 0 aliphatic rings. The zero-order valence-corrected chi connectivity index (χ0v) is 10.5. The molecule has 2 aromatic rings. The molecule has 0 fully saturated rings. The summed E-state index contributed by atoms with van der Waals surface area (Å²) in [4.78, 5) is 11.8. The molecule has 0 amide bonds. The van der Waals surface area contributed by atoms with E-state index in [1.807, 2.05) is 31.6 Å². The Labute approximate surface area is 97.3 Å². The first-order valence-corrected chi connectivity index (χ1v) is 6.11. The Morgan fingerprint density at radius 2 is 2.00 bits per heavy atom. The van der Waals surface area contributed by atoms with Gasteiger partial charge in [0.05, 0.1) is 6.33 Å². The predicted molar refractivity (Wildman–Crippen MR) is 62.1 cm³/mol. The van der Waals surface area contributed by atoms with E-state index >= 15 is 0 Å². The van der Waals surface area contributed by atoms with Gasteiger partial charge in [-0.15, -0.1) is 11.8 Å². The number of halogens is 1. The van der Waals surface area contributed by atoms with Crippen LogP contribution in [-0.4, -0.2) is 25.8 Å². The maximum absolute atomic E-state index is 13.3. The van der Waals surface area contributed by atoms with E-state index in [4.69, 9.17) is 0 Å². The molecular weight excluding hydrogens is 227 g/mol. The van der Waals surface area contributed by atoms with Crippen molar-refractivity contribution in [2.24, 2.45) is 0 Å². The van der Waals surface area contributed by atoms with Gasteiger partial charge in [-0.25, -0.2) is 4.98 Å². The highest BCUT2D eigenvalue weighted by Crippen LogP contribution is 2.25. The van der Waals surface area contributed by atoms with Gasteiger partial charge in [-0.3, -0.25) is 0 Å². The summed E-state index contributed by atoms with van der Waals surface area (Å²) in [5.74, 6) is 0. The van der Waals surface area contributed by atoms with E-state index < -0.39 is 6.08 Å². The summed E-state index contributed by atoms with van der Waals surface area (Å²) in [5.41, 5.74) is 1.03. The summed E-state index contributed by atoms with van der Waals surface area (Å²) in [6, 6.07) is 0. The Morgan fingerprint density at radius 3 is 2.56 bits per heavy atom. The average Bonchev–Trinajstić information content (AvgIpc) is 2.58. The molecule has 0 saturated carbocycles. The third-order valence-electron chi connectivity index (χ3n) is 2.25. The molecule has 0 spiro atoms. The summed E-state index contributed by atoms with van der Waals surface area (Å²) in [6.07, 6.45) is 2.82. The highest BCUT2D eigenvalue weighted by molar-refractivity contribution is 7.98. The van der Waals surface area contributed by atoms with E-state index in [1.165, 1.54) is 11.8 Å². The zero-order valence-electron chi connectivity index (χ0n) is 9.65. The maximum atomic E-state index is 13.3. The van der Waals surface area contributed by atoms with E-state index in [9.17, 15) is 4.39 Å². The minimum absolute atomic E-state index is 0.175. The topological polar surface area (TPSA) is 43.6 Å². The fraction of sp³-hybridized carbons (Fsp3) is 0.500. The molecule has 2 aromatic heterocycles. The van der Waals surface area contributed by atoms with E-state index in [2.05, 4.69) is 15.0 Å². The predicted octanol–water partition coefficient (Wildman–Crippen LogP) is 2.44. The number of thioether (sulfide) groups is 1. The van der Waals surface area contributed by atoms with Gasteiger partial charge in [-0.1, -0.05) is 0 Å². The third-order valence-corrected chi connectivity index (χ3v) is 2.92. The van der Waals surface area contributed by atoms with Gasteiger partial charge in [-0.05, 0) is 27.0 Å². The molecule has 0 aliphatic carbocycles. The summed E-state index contributed by atoms with van der Waals surface area (Å²) < 4.78 is 15.1. The first kappa shape index (κ1) is 11.3. The number of hydrogen-bond acceptors (Lipinski definition) is 4. The monoisotopic (exact) mass is 240 g/mol. The largest absolute Gasteiger partial charge is 0.311 e. The van der Waals surface area contributed by atoms with Crippen molar-refractivity contribution in [2.45, 2.75) is 31.3 Å². The van der Waals surface area contributed by atoms with Crippen LogP contribution in [0.3, 0.4) is 0 Å². The zero-order chi connectivity index (χ0) is 11.9. The maximum Gasteiger partial charge on any atom is 0.311 e. The normalized spacial score (nSPS) is 12.3. The second-order valence-corrected chi connectivity index (χ2v) is 5.25. The lowest BCUT2D eigenvalue weighted by molar-refractivity contribution is 0.403. The van der Waals surface area contributed by atoms with Crippen LogP contribution in [0.15, 0.2) is 11.4 Å². The Morgan fingerprint density at radius 1 is 1.31 bits per heavy atom. The molecule has 0 aromatic carbocycles. The second-order valence-electron chi connectivity index (χ2n) is 4.46. The van der Waals surface area contributed by atoms with Gasteiger partial charge in [0.1, 0.15) is 10.5 Å². The molecule has 86 valence electrons. The van der Waals surface area contributed by atoms with Crippen LogP contribution >= 0.6 is 11.8 Å².